The van der Waals surface area contributed by atoms with Crippen LogP contribution in [0.4, 0.5) is 4.79 Å². The van der Waals surface area contributed by atoms with Gasteiger partial charge in [0.05, 0.1) is 5.92 Å². The molecule has 108 valence electrons. The lowest BCUT2D eigenvalue weighted by Crippen LogP contribution is -2.50. The number of piperidine rings is 2. The Morgan fingerprint density at radius 3 is 2.37 bits per heavy atom. The summed E-state index contributed by atoms with van der Waals surface area (Å²) < 4.78 is 0. The Morgan fingerprint density at radius 2 is 1.79 bits per heavy atom. The Balaban J connectivity index is 1.87. The lowest BCUT2D eigenvalue weighted by molar-refractivity contribution is -0.143. The van der Waals surface area contributed by atoms with E-state index in [9.17, 15) is 9.59 Å². The van der Waals surface area contributed by atoms with Gasteiger partial charge in [0.1, 0.15) is 0 Å². The number of urea groups is 1. The summed E-state index contributed by atoms with van der Waals surface area (Å²) in [6, 6.07) is 0.0421. The van der Waals surface area contributed by atoms with E-state index in [0.29, 0.717) is 19.5 Å². The van der Waals surface area contributed by atoms with E-state index in [1.165, 1.54) is 6.42 Å². The maximum atomic E-state index is 12.4. The quantitative estimate of drug-likeness (QED) is 0.833. The molecule has 0 radical (unpaired) electrons. The number of hydrogen-bond acceptors (Lipinski definition) is 2. The van der Waals surface area contributed by atoms with Crippen LogP contribution in [0.5, 0.6) is 0 Å². The molecule has 0 aromatic heterocycles. The fraction of sp³-hybridized carbons (Fsp3) is 0.857. The number of carbonyl (C=O) groups is 2. The molecule has 19 heavy (non-hydrogen) atoms. The number of aliphatic carboxylic acids is 1. The average molecular weight is 268 g/mol. The summed E-state index contributed by atoms with van der Waals surface area (Å²) in [5, 5.41) is 9.06. The summed E-state index contributed by atoms with van der Waals surface area (Å²) in [7, 11) is 0. The van der Waals surface area contributed by atoms with Gasteiger partial charge in [-0.3, -0.25) is 4.79 Å². The minimum absolute atomic E-state index is 0.0421. The Kier molecular flexibility index (Phi) is 4.66. The molecule has 0 aromatic rings. The van der Waals surface area contributed by atoms with E-state index in [2.05, 4.69) is 6.92 Å². The molecule has 2 aliphatic rings. The van der Waals surface area contributed by atoms with Crippen LogP contribution in [0.2, 0.25) is 0 Å². The highest BCUT2D eigenvalue weighted by Crippen LogP contribution is 2.23. The Bertz CT molecular complexity index is 338. The summed E-state index contributed by atoms with van der Waals surface area (Å²) in [5.74, 6) is -0.412. The predicted octanol–water partition coefficient (Wildman–Crippen LogP) is 2.03. The highest BCUT2D eigenvalue weighted by Gasteiger charge is 2.31. The Hall–Kier alpha value is -1.26. The molecule has 1 N–H and O–H groups in total. The average Bonchev–Trinajstić information content (AvgIpc) is 2.46. The molecule has 2 rings (SSSR count). The monoisotopic (exact) mass is 268 g/mol. The largest absolute Gasteiger partial charge is 0.481 e. The Morgan fingerprint density at radius 1 is 1.11 bits per heavy atom. The molecule has 0 aliphatic carbocycles. The van der Waals surface area contributed by atoms with Crippen LogP contribution in [0.15, 0.2) is 0 Å². The third-order valence-electron chi connectivity index (χ3n) is 4.50. The summed E-state index contributed by atoms with van der Waals surface area (Å²) >= 11 is 0. The molecule has 0 spiro atoms. The lowest BCUT2D eigenvalue weighted by atomic mass is 9.94. The molecular formula is C14H24N2O3. The number of likely N-dealkylation sites (tertiary alicyclic amines) is 2. The lowest BCUT2D eigenvalue weighted by Gasteiger charge is -2.38. The van der Waals surface area contributed by atoms with Crippen molar-refractivity contribution in [1.29, 1.82) is 0 Å². The van der Waals surface area contributed by atoms with E-state index >= 15 is 0 Å². The van der Waals surface area contributed by atoms with Crippen LogP contribution in [0.25, 0.3) is 0 Å². The van der Waals surface area contributed by atoms with Gasteiger partial charge in [-0.25, -0.2) is 4.79 Å². The van der Waals surface area contributed by atoms with Crippen LogP contribution in [0.3, 0.4) is 0 Å². The van der Waals surface area contributed by atoms with E-state index in [1.807, 2.05) is 4.90 Å². The van der Waals surface area contributed by atoms with E-state index in [1.54, 1.807) is 4.90 Å². The number of nitrogens with zero attached hydrogens (tertiary/aromatic N) is 2. The van der Waals surface area contributed by atoms with Crippen molar-refractivity contribution >= 4 is 12.0 Å². The van der Waals surface area contributed by atoms with Crippen molar-refractivity contribution in [2.24, 2.45) is 11.8 Å². The molecule has 0 aromatic carbocycles. The van der Waals surface area contributed by atoms with Crippen molar-refractivity contribution in [2.75, 3.05) is 26.2 Å². The number of amides is 2. The van der Waals surface area contributed by atoms with Gasteiger partial charge in [-0.05, 0) is 31.6 Å². The zero-order valence-corrected chi connectivity index (χ0v) is 11.7. The van der Waals surface area contributed by atoms with Crippen LogP contribution < -0.4 is 0 Å². The van der Waals surface area contributed by atoms with Crippen molar-refractivity contribution in [2.45, 2.75) is 39.0 Å². The molecule has 0 bridgehead atoms. The standard InChI is InChI=1S/C14H24N2O3/c1-2-11-5-8-15(9-6-11)14(19)16-7-3-4-12(10-16)13(17)18/h11-12H,2-10H2,1H3,(H,17,18)/t12-/m1/s1. The van der Waals surface area contributed by atoms with Gasteiger partial charge >= 0.3 is 12.0 Å². The van der Waals surface area contributed by atoms with Gasteiger partial charge in [-0.15, -0.1) is 0 Å². The SMILES string of the molecule is CCC1CCN(C(=O)N2CCC[C@@H](C(=O)O)C2)CC1. The third-order valence-corrected chi connectivity index (χ3v) is 4.50. The summed E-state index contributed by atoms with van der Waals surface area (Å²) in [6.07, 6.45) is 4.84. The number of carboxylic acids is 1. The van der Waals surface area contributed by atoms with E-state index in [-0.39, 0.29) is 11.9 Å². The van der Waals surface area contributed by atoms with Gasteiger partial charge in [-0.2, -0.15) is 0 Å². The van der Waals surface area contributed by atoms with E-state index in [0.717, 1.165) is 38.3 Å². The van der Waals surface area contributed by atoms with Gasteiger partial charge < -0.3 is 14.9 Å². The second-order valence-electron chi connectivity index (χ2n) is 5.74. The fourth-order valence-electron chi connectivity index (χ4n) is 3.08. The molecule has 5 nitrogen and oxygen atoms in total. The smallest absolute Gasteiger partial charge is 0.320 e. The molecule has 2 heterocycles. The van der Waals surface area contributed by atoms with Crippen LogP contribution in [0.1, 0.15) is 39.0 Å². The predicted molar refractivity (Wildman–Crippen MR) is 71.9 cm³/mol. The maximum absolute atomic E-state index is 12.4. The molecule has 0 saturated carbocycles. The minimum Gasteiger partial charge on any atom is -0.481 e. The highest BCUT2D eigenvalue weighted by molar-refractivity contribution is 5.76. The molecule has 2 fully saturated rings. The fourth-order valence-corrected chi connectivity index (χ4v) is 3.08. The number of carbonyl (C=O) groups excluding carboxylic acids is 1. The molecule has 5 heteroatoms. The van der Waals surface area contributed by atoms with Crippen LogP contribution in [-0.4, -0.2) is 53.1 Å². The second-order valence-corrected chi connectivity index (χ2v) is 5.74. The Labute approximate surface area is 114 Å². The van der Waals surface area contributed by atoms with Gasteiger partial charge in [0.15, 0.2) is 0 Å². The normalized spacial score (nSPS) is 25.4. The van der Waals surface area contributed by atoms with Crippen LogP contribution in [-0.2, 0) is 4.79 Å². The number of hydrogen-bond donors (Lipinski definition) is 1. The molecule has 2 saturated heterocycles. The van der Waals surface area contributed by atoms with Crippen molar-refractivity contribution in [1.82, 2.24) is 9.80 Å². The van der Waals surface area contributed by atoms with E-state index in [4.69, 9.17) is 5.11 Å². The first-order valence-corrected chi connectivity index (χ1v) is 7.38. The van der Waals surface area contributed by atoms with Crippen molar-refractivity contribution in [3.8, 4) is 0 Å². The second kappa shape index (κ2) is 6.26. The van der Waals surface area contributed by atoms with E-state index < -0.39 is 5.97 Å². The molecule has 1 atom stereocenters. The topological polar surface area (TPSA) is 60.9 Å². The maximum Gasteiger partial charge on any atom is 0.320 e. The van der Waals surface area contributed by atoms with Crippen molar-refractivity contribution < 1.29 is 14.7 Å². The first-order valence-electron chi connectivity index (χ1n) is 7.38. The number of carboxylic acid groups (broad SMARTS) is 1. The molecule has 2 amide bonds. The highest BCUT2D eigenvalue weighted by atomic mass is 16.4. The third kappa shape index (κ3) is 3.39. The first kappa shape index (κ1) is 14.2. The van der Waals surface area contributed by atoms with Gasteiger partial charge in [0.25, 0.3) is 0 Å². The summed E-state index contributed by atoms with van der Waals surface area (Å²) in [5.41, 5.74) is 0. The summed E-state index contributed by atoms with van der Waals surface area (Å²) in [4.78, 5) is 27.0. The van der Waals surface area contributed by atoms with Crippen molar-refractivity contribution in [3.63, 3.8) is 0 Å². The molecule has 0 unspecified atom stereocenters. The van der Waals surface area contributed by atoms with Crippen LogP contribution >= 0.6 is 0 Å². The van der Waals surface area contributed by atoms with Gasteiger partial charge in [0, 0.05) is 26.2 Å². The number of rotatable bonds is 2. The van der Waals surface area contributed by atoms with Gasteiger partial charge in [-0.1, -0.05) is 13.3 Å². The van der Waals surface area contributed by atoms with Crippen molar-refractivity contribution in [3.05, 3.63) is 0 Å². The molecular weight excluding hydrogens is 244 g/mol. The zero-order chi connectivity index (χ0) is 13.8. The zero-order valence-electron chi connectivity index (χ0n) is 11.7. The minimum atomic E-state index is -0.776. The van der Waals surface area contributed by atoms with Gasteiger partial charge in [0.2, 0.25) is 0 Å². The van der Waals surface area contributed by atoms with Crippen LogP contribution in [0, 0.1) is 11.8 Å². The molecule has 2 aliphatic heterocycles. The first-order chi connectivity index (χ1) is 9.11. The summed E-state index contributed by atoms with van der Waals surface area (Å²) in [6.45, 7) is 4.93.